The number of amides is 1. The highest BCUT2D eigenvalue weighted by Gasteiger charge is 2.22. The zero-order valence-electron chi connectivity index (χ0n) is 15.6. The average Bonchev–Trinajstić information content (AvgIpc) is 3.16. The van der Waals surface area contributed by atoms with Crippen molar-refractivity contribution in [1.29, 1.82) is 0 Å². The zero-order valence-corrected chi connectivity index (χ0v) is 17.2. The van der Waals surface area contributed by atoms with E-state index in [1.165, 1.54) is 25.7 Å². The minimum absolute atomic E-state index is 0. The maximum Gasteiger partial charge on any atom is 0.220 e. The molecule has 0 aliphatic carbocycles. The molecule has 0 spiro atoms. The van der Waals surface area contributed by atoms with Crippen LogP contribution in [-0.4, -0.2) is 37.1 Å². The van der Waals surface area contributed by atoms with E-state index in [0.717, 1.165) is 37.6 Å². The first-order valence-electron chi connectivity index (χ1n) is 9.39. The highest BCUT2D eigenvalue weighted by Crippen LogP contribution is 2.22. The van der Waals surface area contributed by atoms with Crippen molar-refractivity contribution >= 4 is 36.5 Å². The third-order valence-corrected chi connectivity index (χ3v) is 5.38. The van der Waals surface area contributed by atoms with Crippen molar-refractivity contribution in [3.8, 4) is 0 Å². The SMILES string of the molecule is CC(CC(=O)NCc1ccnc(N2CCCC2)c1)C1CCCNC1.Cl.Cl. The number of nitrogens with zero attached hydrogens (tertiary/aromatic N) is 2. The van der Waals surface area contributed by atoms with E-state index >= 15 is 0 Å². The van der Waals surface area contributed by atoms with Crippen molar-refractivity contribution in [3.05, 3.63) is 23.9 Å². The minimum Gasteiger partial charge on any atom is -0.357 e. The Hall–Kier alpha value is -1.04. The summed E-state index contributed by atoms with van der Waals surface area (Å²) in [6, 6.07) is 4.11. The van der Waals surface area contributed by atoms with Gasteiger partial charge in [-0.25, -0.2) is 4.98 Å². The van der Waals surface area contributed by atoms with Gasteiger partial charge in [-0.3, -0.25) is 4.79 Å². The molecule has 1 amide bonds. The van der Waals surface area contributed by atoms with E-state index in [4.69, 9.17) is 0 Å². The van der Waals surface area contributed by atoms with E-state index in [9.17, 15) is 4.79 Å². The molecule has 2 aliphatic heterocycles. The summed E-state index contributed by atoms with van der Waals surface area (Å²) in [6.45, 7) is 7.16. The monoisotopic (exact) mass is 402 g/mol. The third-order valence-electron chi connectivity index (χ3n) is 5.38. The van der Waals surface area contributed by atoms with Gasteiger partial charge >= 0.3 is 0 Å². The number of pyridine rings is 1. The first kappa shape index (κ1) is 23.0. The fourth-order valence-corrected chi connectivity index (χ4v) is 3.79. The van der Waals surface area contributed by atoms with E-state index in [1.807, 2.05) is 12.3 Å². The second-order valence-electron chi connectivity index (χ2n) is 7.28. The topological polar surface area (TPSA) is 57.3 Å². The van der Waals surface area contributed by atoms with Crippen LogP contribution < -0.4 is 15.5 Å². The van der Waals surface area contributed by atoms with Gasteiger partial charge in [-0.2, -0.15) is 0 Å². The van der Waals surface area contributed by atoms with Crippen LogP contribution in [0.5, 0.6) is 0 Å². The van der Waals surface area contributed by atoms with Crippen molar-refractivity contribution in [1.82, 2.24) is 15.6 Å². The van der Waals surface area contributed by atoms with E-state index in [-0.39, 0.29) is 30.7 Å². The normalized spacial score (nSPS) is 20.7. The molecule has 2 N–H and O–H groups in total. The van der Waals surface area contributed by atoms with E-state index in [1.54, 1.807) is 0 Å². The summed E-state index contributed by atoms with van der Waals surface area (Å²) in [5.41, 5.74) is 1.13. The summed E-state index contributed by atoms with van der Waals surface area (Å²) in [5.74, 6) is 2.27. The predicted octanol–water partition coefficient (Wildman–Crippen LogP) is 3.17. The molecule has 2 atom stereocenters. The number of aromatic nitrogens is 1. The number of halogens is 2. The molecule has 2 saturated heterocycles. The minimum atomic E-state index is 0. The molecule has 148 valence electrons. The van der Waals surface area contributed by atoms with Crippen molar-refractivity contribution in [2.45, 2.75) is 45.6 Å². The molecule has 7 heteroatoms. The molecule has 0 saturated carbocycles. The molecule has 26 heavy (non-hydrogen) atoms. The smallest absolute Gasteiger partial charge is 0.220 e. The van der Waals surface area contributed by atoms with Gasteiger partial charge in [0, 0.05) is 32.3 Å². The van der Waals surface area contributed by atoms with Gasteiger partial charge < -0.3 is 15.5 Å². The Morgan fingerprint density at radius 1 is 1.35 bits per heavy atom. The summed E-state index contributed by atoms with van der Waals surface area (Å²) < 4.78 is 0. The summed E-state index contributed by atoms with van der Waals surface area (Å²) in [7, 11) is 0. The van der Waals surface area contributed by atoms with E-state index in [0.29, 0.717) is 24.8 Å². The second kappa shape index (κ2) is 11.6. The maximum absolute atomic E-state index is 12.3. The summed E-state index contributed by atoms with van der Waals surface area (Å²) in [4.78, 5) is 19.0. The van der Waals surface area contributed by atoms with Gasteiger partial charge in [0.1, 0.15) is 5.82 Å². The highest BCUT2D eigenvalue weighted by molar-refractivity contribution is 5.85. The summed E-state index contributed by atoms with van der Waals surface area (Å²) in [5, 5.41) is 6.52. The molecular weight excluding hydrogens is 371 g/mol. The van der Waals surface area contributed by atoms with E-state index in [2.05, 4.69) is 33.5 Å². The van der Waals surface area contributed by atoms with Gasteiger partial charge in [0.25, 0.3) is 0 Å². The van der Waals surface area contributed by atoms with Crippen molar-refractivity contribution < 1.29 is 4.79 Å². The molecule has 1 aromatic rings. The van der Waals surface area contributed by atoms with Crippen molar-refractivity contribution in [2.75, 3.05) is 31.1 Å². The number of piperidine rings is 1. The fourth-order valence-electron chi connectivity index (χ4n) is 3.79. The standard InChI is InChI=1S/C19H30N4O.2ClH/c1-15(17-5-4-7-20-14-17)11-19(24)22-13-16-6-8-21-18(12-16)23-9-2-3-10-23;;/h6,8,12,15,17,20H,2-5,7,9-11,13-14H2,1H3,(H,22,24);2*1H. The van der Waals surface area contributed by atoms with E-state index < -0.39 is 0 Å². The Kier molecular flexibility index (Phi) is 10.3. The van der Waals surface area contributed by atoms with Crippen LogP contribution in [0.25, 0.3) is 0 Å². The van der Waals surface area contributed by atoms with Crippen LogP contribution in [0.3, 0.4) is 0 Å². The number of anilines is 1. The van der Waals surface area contributed by atoms with Crippen LogP contribution in [0.2, 0.25) is 0 Å². The fraction of sp³-hybridized carbons (Fsp3) is 0.684. The Bertz CT molecular complexity index is 546. The number of hydrogen-bond acceptors (Lipinski definition) is 4. The van der Waals surface area contributed by atoms with Crippen LogP contribution in [0.15, 0.2) is 18.3 Å². The zero-order chi connectivity index (χ0) is 16.8. The van der Waals surface area contributed by atoms with Gasteiger partial charge in [-0.05, 0) is 68.3 Å². The number of carbonyl (C=O) groups excluding carboxylic acids is 1. The molecule has 2 aliphatic rings. The van der Waals surface area contributed by atoms with Crippen molar-refractivity contribution in [2.24, 2.45) is 11.8 Å². The van der Waals surface area contributed by atoms with Crippen LogP contribution in [-0.2, 0) is 11.3 Å². The Labute approximate surface area is 169 Å². The molecule has 1 aromatic heterocycles. The first-order chi connectivity index (χ1) is 11.7. The van der Waals surface area contributed by atoms with Gasteiger partial charge in [-0.1, -0.05) is 6.92 Å². The molecule has 3 heterocycles. The molecule has 2 fully saturated rings. The second-order valence-corrected chi connectivity index (χ2v) is 7.28. The van der Waals surface area contributed by atoms with Crippen LogP contribution in [0.4, 0.5) is 5.82 Å². The Morgan fingerprint density at radius 2 is 2.12 bits per heavy atom. The lowest BCUT2D eigenvalue weighted by Crippen LogP contribution is -2.35. The van der Waals surface area contributed by atoms with Crippen LogP contribution in [0, 0.1) is 11.8 Å². The Morgan fingerprint density at radius 3 is 2.81 bits per heavy atom. The third kappa shape index (κ3) is 6.60. The summed E-state index contributed by atoms with van der Waals surface area (Å²) in [6.07, 6.45) is 7.44. The molecule has 0 radical (unpaired) electrons. The highest BCUT2D eigenvalue weighted by atomic mass is 35.5. The lowest BCUT2D eigenvalue weighted by Gasteiger charge is -2.28. The summed E-state index contributed by atoms with van der Waals surface area (Å²) >= 11 is 0. The van der Waals surface area contributed by atoms with Gasteiger partial charge in [0.2, 0.25) is 5.91 Å². The molecular formula is C19H32Cl2N4O. The number of nitrogens with one attached hydrogen (secondary N) is 2. The lowest BCUT2D eigenvalue weighted by molar-refractivity contribution is -0.122. The molecule has 5 nitrogen and oxygen atoms in total. The first-order valence-corrected chi connectivity index (χ1v) is 9.39. The van der Waals surface area contributed by atoms with Crippen molar-refractivity contribution in [3.63, 3.8) is 0 Å². The number of rotatable bonds is 6. The van der Waals surface area contributed by atoms with Gasteiger partial charge in [0.05, 0.1) is 0 Å². The van der Waals surface area contributed by atoms with Gasteiger partial charge in [-0.15, -0.1) is 24.8 Å². The number of hydrogen-bond donors (Lipinski definition) is 2. The maximum atomic E-state index is 12.3. The quantitative estimate of drug-likeness (QED) is 0.766. The van der Waals surface area contributed by atoms with Crippen LogP contribution in [0.1, 0.15) is 44.6 Å². The molecule has 0 bridgehead atoms. The molecule has 3 rings (SSSR count). The predicted molar refractivity (Wildman–Crippen MR) is 111 cm³/mol. The largest absolute Gasteiger partial charge is 0.357 e. The number of carbonyl (C=O) groups is 1. The van der Waals surface area contributed by atoms with Crippen LogP contribution >= 0.6 is 24.8 Å². The molecule has 2 unspecified atom stereocenters. The average molecular weight is 403 g/mol. The Balaban J connectivity index is 0.00000169. The lowest BCUT2D eigenvalue weighted by atomic mass is 9.85. The molecule has 0 aromatic carbocycles. The van der Waals surface area contributed by atoms with Gasteiger partial charge in [0.15, 0.2) is 0 Å².